The summed E-state index contributed by atoms with van der Waals surface area (Å²) in [5, 5.41) is 2.73. The van der Waals surface area contributed by atoms with Gasteiger partial charge in [0.25, 0.3) is 5.91 Å². The molecule has 6 nitrogen and oxygen atoms in total. The fourth-order valence-corrected chi connectivity index (χ4v) is 2.38. The lowest BCUT2D eigenvalue weighted by molar-refractivity contribution is 0.0948. The number of rotatable bonds is 5. The third-order valence-corrected chi connectivity index (χ3v) is 3.66. The number of carbonyl (C=O) groups is 2. The molecule has 7 heteroatoms. The van der Waals surface area contributed by atoms with E-state index in [0.29, 0.717) is 43.1 Å². The van der Waals surface area contributed by atoms with E-state index >= 15 is 0 Å². The maximum Gasteiger partial charge on any atom is 0.409 e. The van der Waals surface area contributed by atoms with Gasteiger partial charge in [-0.1, -0.05) is 12.1 Å². The lowest BCUT2D eigenvalue weighted by Crippen LogP contribution is -2.35. The van der Waals surface area contributed by atoms with Gasteiger partial charge >= 0.3 is 6.09 Å². The van der Waals surface area contributed by atoms with Crippen LogP contribution in [0.2, 0.25) is 0 Å². The van der Waals surface area contributed by atoms with Crippen LogP contribution in [0.5, 0.6) is 0 Å². The van der Waals surface area contributed by atoms with Crippen LogP contribution in [0, 0.1) is 5.82 Å². The number of hydrogen-bond donors (Lipinski definition) is 1. The minimum Gasteiger partial charge on any atom is -0.448 e. The molecule has 2 aromatic rings. The van der Waals surface area contributed by atoms with Crippen molar-refractivity contribution in [2.24, 2.45) is 0 Å². The van der Waals surface area contributed by atoms with E-state index in [1.54, 1.807) is 24.3 Å². The molecule has 1 saturated heterocycles. The maximum atomic E-state index is 13.2. The van der Waals surface area contributed by atoms with Crippen LogP contribution < -0.4 is 5.32 Å². The van der Waals surface area contributed by atoms with E-state index in [-0.39, 0.29) is 17.8 Å². The number of carbonyl (C=O) groups excluding carboxylic acids is 2. The summed E-state index contributed by atoms with van der Waals surface area (Å²) in [4.78, 5) is 29.1. The van der Waals surface area contributed by atoms with Gasteiger partial charge in [0, 0.05) is 24.8 Å². The summed E-state index contributed by atoms with van der Waals surface area (Å²) < 4.78 is 18.0. The smallest absolute Gasteiger partial charge is 0.409 e. The van der Waals surface area contributed by atoms with E-state index in [1.807, 2.05) is 0 Å². The molecule has 1 aliphatic rings. The normalized spacial score (nSPS) is 13.7. The number of halogens is 1. The van der Waals surface area contributed by atoms with Crippen molar-refractivity contribution in [1.82, 2.24) is 15.2 Å². The van der Waals surface area contributed by atoms with Crippen molar-refractivity contribution in [1.29, 1.82) is 0 Å². The fraction of sp³-hybridized carbons (Fsp3) is 0.235. The Morgan fingerprint density at radius 1 is 1.33 bits per heavy atom. The Morgan fingerprint density at radius 3 is 2.88 bits per heavy atom. The monoisotopic (exact) mass is 329 g/mol. The average Bonchev–Trinajstić information content (AvgIpc) is 3.00. The van der Waals surface area contributed by atoms with E-state index in [0.717, 1.165) is 0 Å². The second-order valence-electron chi connectivity index (χ2n) is 5.30. The first-order valence-corrected chi connectivity index (χ1v) is 7.55. The zero-order valence-electron chi connectivity index (χ0n) is 12.9. The Hall–Kier alpha value is -2.96. The molecule has 0 unspecified atom stereocenters. The Morgan fingerprint density at radius 2 is 2.21 bits per heavy atom. The molecule has 2 heterocycles. The van der Waals surface area contributed by atoms with Crippen molar-refractivity contribution in [3.8, 4) is 11.3 Å². The predicted octanol–water partition coefficient (Wildman–Crippen LogP) is 2.07. The Bertz CT molecular complexity index is 749. The molecule has 0 atom stereocenters. The first kappa shape index (κ1) is 15.9. The Kier molecular flexibility index (Phi) is 4.69. The summed E-state index contributed by atoms with van der Waals surface area (Å²) in [6.07, 6.45) is 1.09. The SMILES string of the molecule is O=C(NCCN1CCOC1=O)c1ccc(-c2cccc(F)c2)nc1. The molecule has 2 amide bonds. The van der Waals surface area contributed by atoms with Gasteiger partial charge < -0.3 is 15.0 Å². The molecule has 0 spiro atoms. The van der Waals surface area contributed by atoms with E-state index in [1.165, 1.54) is 23.2 Å². The molecule has 0 saturated carbocycles. The first-order chi connectivity index (χ1) is 11.6. The number of cyclic esters (lactones) is 1. The highest BCUT2D eigenvalue weighted by atomic mass is 19.1. The van der Waals surface area contributed by atoms with Crippen LogP contribution in [0.4, 0.5) is 9.18 Å². The minimum atomic E-state index is -0.356. The number of amides is 2. The molecule has 1 aromatic carbocycles. The van der Waals surface area contributed by atoms with Crippen molar-refractivity contribution in [2.45, 2.75) is 0 Å². The van der Waals surface area contributed by atoms with Gasteiger partial charge in [0.2, 0.25) is 0 Å². The summed E-state index contributed by atoms with van der Waals surface area (Å²) in [6, 6.07) is 9.41. The van der Waals surface area contributed by atoms with Crippen LogP contribution in [-0.2, 0) is 4.74 Å². The lowest BCUT2D eigenvalue weighted by atomic mass is 10.1. The predicted molar refractivity (Wildman–Crippen MR) is 84.9 cm³/mol. The van der Waals surface area contributed by atoms with Crippen molar-refractivity contribution in [3.05, 3.63) is 54.0 Å². The summed E-state index contributed by atoms with van der Waals surface area (Å²) in [5.41, 5.74) is 1.64. The van der Waals surface area contributed by atoms with Crippen LogP contribution in [-0.4, -0.2) is 48.1 Å². The average molecular weight is 329 g/mol. The van der Waals surface area contributed by atoms with Crippen LogP contribution in [0.1, 0.15) is 10.4 Å². The topological polar surface area (TPSA) is 71.5 Å². The van der Waals surface area contributed by atoms with Crippen molar-refractivity contribution in [3.63, 3.8) is 0 Å². The maximum absolute atomic E-state index is 13.2. The highest BCUT2D eigenvalue weighted by Gasteiger charge is 2.21. The number of nitrogens with zero attached hydrogens (tertiary/aromatic N) is 2. The van der Waals surface area contributed by atoms with E-state index in [9.17, 15) is 14.0 Å². The summed E-state index contributed by atoms with van der Waals surface area (Å²) in [7, 11) is 0. The molecule has 1 fully saturated rings. The van der Waals surface area contributed by atoms with E-state index in [2.05, 4.69) is 10.3 Å². The summed E-state index contributed by atoms with van der Waals surface area (Å²) in [5.74, 6) is -0.614. The highest BCUT2D eigenvalue weighted by Crippen LogP contribution is 2.17. The molecular weight excluding hydrogens is 313 g/mol. The molecule has 0 radical (unpaired) electrons. The van der Waals surface area contributed by atoms with E-state index < -0.39 is 0 Å². The van der Waals surface area contributed by atoms with Crippen LogP contribution in [0.25, 0.3) is 11.3 Å². The molecule has 3 rings (SSSR count). The first-order valence-electron chi connectivity index (χ1n) is 7.55. The summed E-state index contributed by atoms with van der Waals surface area (Å²) >= 11 is 0. The fourth-order valence-electron chi connectivity index (χ4n) is 2.38. The Balaban J connectivity index is 1.56. The number of benzene rings is 1. The second kappa shape index (κ2) is 7.08. The minimum absolute atomic E-state index is 0.277. The molecule has 1 aromatic heterocycles. The van der Waals surface area contributed by atoms with Gasteiger partial charge in [-0.25, -0.2) is 9.18 Å². The molecule has 0 bridgehead atoms. The third kappa shape index (κ3) is 3.68. The molecule has 1 aliphatic heterocycles. The lowest BCUT2D eigenvalue weighted by Gasteiger charge is -2.12. The Labute approximate surface area is 138 Å². The van der Waals surface area contributed by atoms with Gasteiger partial charge in [-0.05, 0) is 24.3 Å². The molecule has 24 heavy (non-hydrogen) atoms. The van der Waals surface area contributed by atoms with Crippen LogP contribution >= 0.6 is 0 Å². The number of nitrogens with one attached hydrogen (secondary N) is 1. The molecular formula is C17H16FN3O3. The van der Waals surface area contributed by atoms with Crippen LogP contribution in [0.3, 0.4) is 0 Å². The number of pyridine rings is 1. The van der Waals surface area contributed by atoms with Gasteiger partial charge in [-0.2, -0.15) is 0 Å². The number of aromatic nitrogens is 1. The quantitative estimate of drug-likeness (QED) is 0.911. The number of hydrogen-bond acceptors (Lipinski definition) is 4. The van der Waals surface area contributed by atoms with Gasteiger partial charge in [0.05, 0.1) is 17.8 Å². The second-order valence-corrected chi connectivity index (χ2v) is 5.30. The number of ether oxygens (including phenoxy) is 1. The third-order valence-electron chi connectivity index (χ3n) is 3.66. The molecule has 124 valence electrons. The largest absolute Gasteiger partial charge is 0.448 e. The summed E-state index contributed by atoms with van der Waals surface area (Å²) in [6.45, 7) is 1.66. The standard InChI is InChI=1S/C17H16FN3O3/c18-14-3-1-2-12(10-14)15-5-4-13(11-20-15)16(22)19-6-7-21-8-9-24-17(21)23/h1-5,10-11H,6-9H2,(H,19,22). The van der Waals surface area contributed by atoms with Gasteiger partial charge in [0.15, 0.2) is 0 Å². The van der Waals surface area contributed by atoms with Crippen molar-refractivity contribution < 1.29 is 18.7 Å². The molecule has 0 aliphatic carbocycles. The zero-order chi connectivity index (χ0) is 16.9. The van der Waals surface area contributed by atoms with Crippen molar-refractivity contribution >= 4 is 12.0 Å². The van der Waals surface area contributed by atoms with E-state index in [4.69, 9.17) is 4.74 Å². The van der Waals surface area contributed by atoms with Crippen molar-refractivity contribution in [2.75, 3.05) is 26.2 Å². The zero-order valence-corrected chi connectivity index (χ0v) is 12.9. The van der Waals surface area contributed by atoms with Crippen LogP contribution in [0.15, 0.2) is 42.6 Å². The van der Waals surface area contributed by atoms with Gasteiger partial charge in [-0.15, -0.1) is 0 Å². The van der Waals surface area contributed by atoms with Gasteiger partial charge in [-0.3, -0.25) is 9.78 Å². The van der Waals surface area contributed by atoms with Gasteiger partial charge in [0.1, 0.15) is 12.4 Å². The highest BCUT2D eigenvalue weighted by molar-refractivity contribution is 5.94. The molecule has 1 N–H and O–H groups in total.